The standard InChI is InChI=1S/C18H10ClN3O2/c19-16-8-6-14(18(10-16)22(23)24)7-9-17(15(11-20)12-21)13-4-2-1-3-5-13/h1-10H/b9-7+. The van der Waals surface area contributed by atoms with Crippen LogP contribution in [0.25, 0.3) is 11.6 Å². The predicted octanol–water partition coefficient (Wildman–Crippen LogP) is 4.76. The third-order valence-corrected chi connectivity index (χ3v) is 3.43. The van der Waals surface area contributed by atoms with E-state index in [4.69, 9.17) is 22.1 Å². The normalized spacial score (nSPS) is 9.96. The Balaban J connectivity index is 2.56. The Labute approximate surface area is 143 Å². The van der Waals surface area contributed by atoms with E-state index in [0.29, 0.717) is 16.7 Å². The number of rotatable bonds is 4. The summed E-state index contributed by atoms with van der Waals surface area (Å²) in [4.78, 5) is 10.6. The maximum Gasteiger partial charge on any atom is 0.278 e. The smallest absolute Gasteiger partial charge is 0.258 e. The van der Waals surface area contributed by atoms with Crippen molar-refractivity contribution in [1.82, 2.24) is 0 Å². The minimum absolute atomic E-state index is 0.0749. The van der Waals surface area contributed by atoms with Gasteiger partial charge in [0.1, 0.15) is 17.7 Å². The average molecular weight is 336 g/mol. The van der Waals surface area contributed by atoms with E-state index in [9.17, 15) is 10.1 Å². The first-order valence-electron chi connectivity index (χ1n) is 6.78. The van der Waals surface area contributed by atoms with Crippen molar-refractivity contribution in [3.8, 4) is 12.1 Å². The van der Waals surface area contributed by atoms with Crippen molar-refractivity contribution >= 4 is 28.9 Å². The number of nitriles is 2. The van der Waals surface area contributed by atoms with Crippen molar-refractivity contribution < 1.29 is 4.92 Å². The van der Waals surface area contributed by atoms with Crippen molar-refractivity contribution in [1.29, 1.82) is 10.5 Å². The molecule has 0 N–H and O–H groups in total. The van der Waals surface area contributed by atoms with E-state index in [-0.39, 0.29) is 16.3 Å². The highest BCUT2D eigenvalue weighted by Crippen LogP contribution is 2.27. The fourth-order valence-electron chi connectivity index (χ4n) is 2.08. The fourth-order valence-corrected chi connectivity index (χ4v) is 2.24. The van der Waals surface area contributed by atoms with Crippen LogP contribution < -0.4 is 0 Å². The lowest BCUT2D eigenvalue weighted by atomic mass is 9.99. The number of hydrogen-bond donors (Lipinski definition) is 0. The molecule has 0 unspecified atom stereocenters. The zero-order valence-electron chi connectivity index (χ0n) is 12.3. The molecule has 0 atom stereocenters. The second kappa shape index (κ2) is 7.73. The topological polar surface area (TPSA) is 90.7 Å². The summed E-state index contributed by atoms with van der Waals surface area (Å²) < 4.78 is 0. The molecule has 0 aliphatic heterocycles. The molecular weight excluding hydrogens is 326 g/mol. The molecule has 0 aromatic heterocycles. The van der Waals surface area contributed by atoms with Crippen molar-refractivity contribution in [2.24, 2.45) is 0 Å². The van der Waals surface area contributed by atoms with Crippen LogP contribution in [-0.4, -0.2) is 4.92 Å². The Morgan fingerprint density at radius 2 is 1.79 bits per heavy atom. The summed E-state index contributed by atoms with van der Waals surface area (Å²) >= 11 is 5.79. The summed E-state index contributed by atoms with van der Waals surface area (Å²) in [6, 6.07) is 16.9. The van der Waals surface area contributed by atoms with Gasteiger partial charge >= 0.3 is 0 Å². The third-order valence-electron chi connectivity index (χ3n) is 3.20. The molecule has 0 saturated heterocycles. The van der Waals surface area contributed by atoms with Gasteiger partial charge in [0.05, 0.1) is 10.5 Å². The first kappa shape index (κ1) is 17.0. The molecule has 0 fully saturated rings. The molecule has 0 heterocycles. The summed E-state index contributed by atoms with van der Waals surface area (Å²) in [7, 11) is 0. The monoisotopic (exact) mass is 335 g/mol. The van der Waals surface area contributed by atoms with Gasteiger partial charge in [-0.1, -0.05) is 48.0 Å². The van der Waals surface area contributed by atoms with Gasteiger partial charge in [-0.05, 0) is 23.8 Å². The molecule has 0 bridgehead atoms. The molecular formula is C18H10ClN3O2. The van der Waals surface area contributed by atoms with Gasteiger partial charge in [-0.15, -0.1) is 0 Å². The second-order valence-electron chi connectivity index (χ2n) is 4.67. The van der Waals surface area contributed by atoms with Gasteiger partial charge in [0.25, 0.3) is 5.69 Å². The molecule has 116 valence electrons. The van der Waals surface area contributed by atoms with E-state index in [1.807, 2.05) is 18.2 Å². The quantitative estimate of drug-likeness (QED) is 0.348. The maximum atomic E-state index is 11.1. The highest BCUT2D eigenvalue weighted by molar-refractivity contribution is 6.30. The lowest BCUT2D eigenvalue weighted by molar-refractivity contribution is -0.385. The molecule has 6 heteroatoms. The van der Waals surface area contributed by atoms with Gasteiger partial charge in [0.2, 0.25) is 0 Å². The number of nitro benzene ring substituents is 1. The fraction of sp³-hybridized carbons (Fsp3) is 0. The molecule has 2 rings (SSSR count). The summed E-state index contributed by atoms with van der Waals surface area (Å²) in [5.74, 6) is 0. The van der Waals surface area contributed by atoms with Crippen LogP contribution in [0.5, 0.6) is 0 Å². The van der Waals surface area contributed by atoms with Gasteiger partial charge < -0.3 is 0 Å². The minimum atomic E-state index is -0.535. The molecule has 5 nitrogen and oxygen atoms in total. The largest absolute Gasteiger partial charge is 0.278 e. The Hall–Kier alpha value is -3.41. The number of nitrogens with zero attached hydrogens (tertiary/aromatic N) is 3. The van der Waals surface area contributed by atoms with Crippen molar-refractivity contribution in [3.05, 3.63) is 86.4 Å². The van der Waals surface area contributed by atoms with Crippen LogP contribution in [0.4, 0.5) is 5.69 Å². The minimum Gasteiger partial charge on any atom is -0.258 e. The summed E-state index contributed by atoms with van der Waals surface area (Å²) in [5.41, 5.74) is 1.16. The highest BCUT2D eigenvalue weighted by Gasteiger charge is 2.13. The highest BCUT2D eigenvalue weighted by atomic mass is 35.5. The molecule has 0 saturated carbocycles. The zero-order chi connectivity index (χ0) is 17.5. The first-order chi connectivity index (χ1) is 11.6. The molecule has 2 aromatic rings. The summed E-state index contributed by atoms with van der Waals surface area (Å²) in [6.07, 6.45) is 3.01. The summed E-state index contributed by atoms with van der Waals surface area (Å²) in [5, 5.41) is 29.7. The molecule has 0 amide bonds. The summed E-state index contributed by atoms with van der Waals surface area (Å²) in [6.45, 7) is 0. The van der Waals surface area contributed by atoms with Crippen LogP contribution in [0, 0.1) is 32.8 Å². The third kappa shape index (κ3) is 3.86. The number of benzene rings is 2. The Morgan fingerprint density at radius 3 is 2.38 bits per heavy atom. The lowest BCUT2D eigenvalue weighted by Crippen LogP contribution is -1.92. The SMILES string of the molecule is N#CC(C#N)=C(/C=C/c1ccc(Cl)cc1[N+](=O)[O-])c1ccccc1. The van der Waals surface area contributed by atoms with Crippen LogP contribution >= 0.6 is 11.6 Å². The number of allylic oxidation sites excluding steroid dienone is 3. The van der Waals surface area contributed by atoms with Gasteiger partial charge in [-0.2, -0.15) is 10.5 Å². The first-order valence-corrected chi connectivity index (χ1v) is 7.16. The molecule has 2 aromatic carbocycles. The van der Waals surface area contributed by atoms with Crippen molar-refractivity contribution in [3.63, 3.8) is 0 Å². The van der Waals surface area contributed by atoms with E-state index in [1.54, 1.807) is 24.3 Å². The average Bonchev–Trinajstić information content (AvgIpc) is 2.60. The van der Waals surface area contributed by atoms with Gasteiger partial charge in [-0.3, -0.25) is 10.1 Å². The number of nitro groups is 1. The molecule has 24 heavy (non-hydrogen) atoms. The molecule has 0 aliphatic rings. The van der Waals surface area contributed by atoms with Gasteiger partial charge in [0.15, 0.2) is 0 Å². The van der Waals surface area contributed by atoms with E-state index < -0.39 is 4.92 Å². The van der Waals surface area contributed by atoms with E-state index in [2.05, 4.69) is 0 Å². The Kier molecular flexibility index (Phi) is 5.46. The van der Waals surface area contributed by atoms with E-state index >= 15 is 0 Å². The van der Waals surface area contributed by atoms with E-state index in [1.165, 1.54) is 30.4 Å². The Morgan fingerprint density at radius 1 is 1.12 bits per heavy atom. The van der Waals surface area contributed by atoms with Crippen LogP contribution in [0.15, 0.2) is 60.2 Å². The Bertz CT molecular complexity index is 904. The van der Waals surface area contributed by atoms with Crippen molar-refractivity contribution in [2.45, 2.75) is 0 Å². The van der Waals surface area contributed by atoms with Crippen LogP contribution in [0.1, 0.15) is 11.1 Å². The lowest BCUT2D eigenvalue weighted by Gasteiger charge is -2.03. The van der Waals surface area contributed by atoms with Crippen molar-refractivity contribution in [2.75, 3.05) is 0 Å². The van der Waals surface area contributed by atoms with Gasteiger partial charge in [0, 0.05) is 16.7 Å². The van der Waals surface area contributed by atoms with Crippen LogP contribution in [-0.2, 0) is 0 Å². The van der Waals surface area contributed by atoms with Crippen LogP contribution in [0.3, 0.4) is 0 Å². The van der Waals surface area contributed by atoms with Crippen LogP contribution in [0.2, 0.25) is 5.02 Å². The van der Waals surface area contributed by atoms with Gasteiger partial charge in [-0.25, -0.2) is 0 Å². The number of halogens is 1. The second-order valence-corrected chi connectivity index (χ2v) is 5.11. The molecule has 0 radical (unpaired) electrons. The number of hydrogen-bond acceptors (Lipinski definition) is 4. The zero-order valence-corrected chi connectivity index (χ0v) is 13.1. The maximum absolute atomic E-state index is 11.1. The molecule has 0 spiro atoms. The van der Waals surface area contributed by atoms with E-state index in [0.717, 1.165) is 0 Å². The predicted molar refractivity (Wildman–Crippen MR) is 91.7 cm³/mol. The molecule has 0 aliphatic carbocycles.